The first kappa shape index (κ1) is 32.4. The Kier molecular flexibility index (Phi) is 9.12. The molecule has 7 atom stereocenters. The molecule has 0 radical (unpaired) electrons. The molecule has 44 heavy (non-hydrogen) atoms. The Morgan fingerprint density at radius 1 is 1.02 bits per heavy atom. The van der Waals surface area contributed by atoms with Gasteiger partial charge in [-0.15, -0.1) is 13.2 Å². The van der Waals surface area contributed by atoms with Crippen molar-refractivity contribution in [3.05, 3.63) is 29.8 Å². The van der Waals surface area contributed by atoms with Gasteiger partial charge in [-0.25, -0.2) is 8.42 Å². The van der Waals surface area contributed by atoms with Crippen molar-refractivity contribution in [3.63, 3.8) is 0 Å². The van der Waals surface area contributed by atoms with E-state index in [1.165, 1.54) is 17.0 Å². The fraction of sp³-hybridized carbons (Fsp3) is 0.654. The molecule has 14 nitrogen and oxygen atoms in total. The van der Waals surface area contributed by atoms with Crippen LogP contribution in [0, 0.1) is 0 Å². The number of hydrogen-bond acceptors (Lipinski definition) is 10. The number of piperazine rings is 1. The lowest BCUT2D eigenvalue weighted by Crippen LogP contribution is -2.63. The van der Waals surface area contributed by atoms with Gasteiger partial charge in [-0.05, 0) is 24.1 Å². The topological polar surface area (TPSA) is 178 Å². The number of aliphatic hydroxyl groups excluding tert-OH is 2. The van der Waals surface area contributed by atoms with Gasteiger partial charge < -0.3 is 35.2 Å². The van der Waals surface area contributed by atoms with Crippen molar-refractivity contribution in [3.8, 4) is 5.75 Å². The van der Waals surface area contributed by atoms with Crippen molar-refractivity contribution < 1.29 is 55.7 Å². The highest BCUT2D eigenvalue weighted by molar-refractivity contribution is 7.88. The normalized spacial score (nSPS) is 32.8. The summed E-state index contributed by atoms with van der Waals surface area (Å²) in [6.45, 7) is -0.376. The van der Waals surface area contributed by atoms with Gasteiger partial charge in [0.05, 0.1) is 24.8 Å². The zero-order valence-electron chi connectivity index (χ0n) is 23.6. The van der Waals surface area contributed by atoms with Crippen LogP contribution < -0.4 is 15.4 Å². The number of amides is 3. The molecule has 0 saturated carbocycles. The first-order valence-electron chi connectivity index (χ1n) is 14.0. The SMILES string of the molecule is CS(=O)(=O)N1CCN2C[C@H]1C(=O)NC[C@H]1O[C@@H](CC(=O)N[C@H]3C[C@@H](C2=O)N(Cc2ccc(OC(F)(F)F)cc2)C3)[C@H](O)[C@@H]1O. The first-order chi connectivity index (χ1) is 20.6. The zero-order valence-corrected chi connectivity index (χ0v) is 24.5. The van der Waals surface area contributed by atoms with Gasteiger partial charge in [-0.1, -0.05) is 12.1 Å². The molecular formula is C26H34F3N5O9S. The third-order valence-electron chi connectivity index (χ3n) is 8.29. The van der Waals surface area contributed by atoms with Crippen LogP contribution in [0.25, 0.3) is 0 Å². The van der Waals surface area contributed by atoms with Crippen molar-refractivity contribution in [1.82, 2.24) is 24.7 Å². The number of sulfonamides is 1. The largest absolute Gasteiger partial charge is 0.573 e. The minimum atomic E-state index is -4.85. The van der Waals surface area contributed by atoms with E-state index in [1.54, 1.807) is 4.90 Å². The molecule has 5 rings (SSSR count). The standard InChI is InChI=1S/C26H34F3N5O9S/c1-44(40,41)34-7-6-32-13-18(34)24(38)30-10-20-23(37)22(36)19(42-20)9-21(35)31-15-8-17(25(32)39)33(12-15)11-14-2-4-16(5-3-14)43-26(27,28)29/h2-5,15,17-20,22-23,36-37H,6-13H2,1H3,(H,30,38)(H,31,35)/t15-,17-,18-,19-,20+,22-,23+/m0/s1. The number of ether oxygens (including phenoxy) is 2. The average Bonchev–Trinajstić information content (AvgIpc) is 3.45. The first-order valence-corrected chi connectivity index (χ1v) is 15.9. The third-order valence-corrected chi connectivity index (χ3v) is 9.58. The molecule has 18 heteroatoms. The molecule has 0 aromatic heterocycles. The summed E-state index contributed by atoms with van der Waals surface area (Å²) in [7, 11) is -3.85. The van der Waals surface area contributed by atoms with E-state index < -0.39 is 82.4 Å². The second kappa shape index (κ2) is 12.4. The number of carbonyl (C=O) groups is 3. The van der Waals surface area contributed by atoms with Crippen LogP contribution in [-0.4, -0.2) is 138 Å². The second-order valence-corrected chi connectivity index (χ2v) is 13.4. The van der Waals surface area contributed by atoms with Gasteiger partial charge >= 0.3 is 6.36 Å². The maximum Gasteiger partial charge on any atom is 0.573 e. The lowest BCUT2D eigenvalue weighted by Gasteiger charge is -2.40. The maximum atomic E-state index is 13.9. The molecule has 0 spiro atoms. The van der Waals surface area contributed by atoms with E-state index in [0.717, 1.165) is 22.7 Å². The summed E-state index contributed by atoms with van der Waals surface area (Å²) in [5.74, 6) is -2.03. The molecule has 4 heterocycles. The van der Waals surface area contributed by atoms with Gasteiger partial charge in [0.1, 0.15) is 30.1 Å². The molecule has 1 aromatic carbocycles. The number of halogens is 3. The molecule has 0 unspecified atom stereocenters. The van der Waals surface area contributed by atoms with Gasteiger partial charge in [0.15, 0.2) is 0 Å². The van der Waals surface area contributed by atoms with Crippen LogP contribution >= 0.6 is 0 Å². The van der Waals surface area contributed by atoms with E-state index in [0.29, 0.717) is 5.56 Å². The summed E-state index contributed by atoms with van der Waals surface area (Å²) >= 11 is 0. The zero-order chi connectivity index (χ0) is 32.0. The van der Waals surface area contributed by atoms with Crippen LogP contribution in [0.2, 0.25) is 0 Å². The number of hydrogen-bond donors (Lipinski definition) is 4. The van der Waals surface area contributed by atoms with E-state index >= 15 is 0 Å². The van der Waals surface area contributed by atoms with Crippen LogP contribution in [0.3, 0.4) is 0 Å². The molecule has 4 N–H and O–H groups in total. The van der Waals surface area contributed by atoms with Gasteiger partial charge in [-0.3, -0.25) is 19.3 Å². The van der Waals surface area contributed by atoms with Gasteiger partial charge in [0, 0.05) is 45.3 Å². The Labute approximate surface area is 251 Å². The van der Waals surface area contributed by atoms with Gasteiger partial charge in [0.2, 0.25) is 27.7 Å². The summed E-state index contributed by atoms with van der Waals surface area (Å²) in [6, 6.07) is 2.53. The lowest BCUT2D eigenvalue weighted by atomic mass is 10.0. The number of likely N-dealkylation sites (tertiary alicyclic amines) is 1. The Hall–Kier alpha value is -3.03. The number of benzene rings is 1. The molecule has 244 valence electrons. The number of aliphatic hydroxyl groups is 2. The molecule has 6 bridgehead atoms. The Morgan fingerprint density at radius 2 is 1.70 bits per heavy atom. The number of rotatable bonds is 4. The Morgan fingerprint density at radius 3 is 2.36 bits per heavy atom. The minimum Gasteiger partial charge on any atom is -0.406 e. The monoisotopic (exact) mass is 649 g/mol. The summed E-state index contributed by atoms with van der Waals surface area (Å²) in [5, 5.41) is 26.4. The van der Waals surface area contributed by atoms with Crippen LogP contribution in [0.15, 0.2) is 24.3 Å². The van der Waals surface area contributed by atoms with Crippen LogP contribution in [0.1, 0.15) is 18.4 Å². The van der Waals surface area contributed by atoms with Crippen molar-refractivity contribution in [1.29, 1.82) is 0 Å². The Bertz CT molecular complexity index is 1370. The van der Waals surface area contributed by atoms with Crippen molar-refractivity contribution in [2.75, 3.05) is 39.0 Å². The van der Waals surface area contributed by atoms with Crippen LogP contribution in [0.5, 0.6) is 5.75 Å². The van der Waals surface area contributed by atoms with Gasteiger partial charge in [-0.2, -0.15) is 4.31 Å². The molecule has 4 saturated heterocycles. The van der Waals surface area contributed by atoms with Crippen LogP contribution in [0.4, 0.5) is 13.2 Å². The summed E-state index contributed by atoms with van der Waals surface area (Å²) < 4.78 is 73.4. The van der Waals surface area contributed by atoms with Crippen molar-refractivity contribution >= 4 is 27.7 Å². The van der Waals surface area contributed by atoms with E-state index in [1.807, 2.05) is 0 Å². The molecule has 3 amide bonds. The number of nitrogens with zero attached hydrogens (tertiary/aromatic N) is 3. The second-order valence-electron chi connectivity index (χ2n) is 11.5. The van der Waals surface area contributed by atoms with Gasteiger partial charge in [0.25, 0.3) is 0 Å². The number of nitrogens with one attached hydrogen (secondary N) is 2. The molecule has 0 aliphatic carbocycles. The smallest absolute Gasteiger partial charge is 0.406 e. The summed E-state index contributed by atoms with van der Waals surface area (Å²) in [5.41, 5.74) is 0.567. The molecule has 1 aromatic rings. The van der Waals surface area contributed by atoms with E-state index in [-0.39, 0.29) is 52.1 Å². The highest BCUT2D eigenvalue weighted by atomic mass is 32.2. The van der Waals surface area contributed by atoms with E-state index in [9.17, 15) is 46.2 Å². The summed E-state index contributed by atoms with van der Waals surface area (Å²) in [6.07, 6.45) is -9.03. The van der Waals surface area contributed by atoms with E-state index in [2.05, 4.69) is 15.4 Å². The van der Waals surface area contributed by atoms with Crippen molar-refractivity contribution in [2.45, 2.75) is 68.3 Å². The molecular weight excluding hydrogens is 615 g/mol. The Balaban J connectivity index is 1.41. The highest BCUT2D eigenvalue weighted by Crippen LogP contribution is 2.28. The molecule has 4 aliphatic rings. The quantitative estimate of drug-likeness (QED) is 0.289. The average molecular weight is 650 g/mol. The fourth-order valence-electron chi connectivity index (χ4n) is 6.21. The minimum absolute atomic E-state index is 0.00114. The predicted octanol–water partition coefficient (Wildman–Crippen LogP) is -1.87. The number of carbonyl (C=O) groups excluding carboxylic acids is 3. The number of alkyl halides is 3. The lowest BCUT2D eigenvalue weighted by molar-refractivity contribution is -0.274. The highest BCUT2D eigenvalue weighted by Gasteiger charge is 2.47. The number of fused-ring (bicyclic) bond motifs is 6. The summed E-state index contributed by atoms with van der Waals surface area (Å²) in [4.78, 5) is 43.2. The predicted molar refractivity (Wildman–Crippen MR) is 144 cm³/mol. The maximum absolute atomic E-state index is 13.9. The van der Waals surface area contributed by atoms with Crippen LogP contribution in [-0.2, 0) is 35.7 Å². The van der Waals surface area contributed by atoms with E-state index in [4.69, 9.17) is 4.74 Å². The van der Waals surface area contributed by atoms with Crippen molar-refractivity contribution in [2.24, 2.45) is 0 Å². The third kappa shape index (κ3) is 7.26. The molecule has 4 fully saturated rings. The molecule has 4 aliphatic heterocycles. The fourth-order valence-corrected chi connectivity index (χ4v) is 7.25.